The van der Waals surface area contributed by atoms with Crippen LogP contribution in [-0.2, 0) is 4.79 Å². The number of benzene rings is 2. The number of carbonyl (C=O) groups is 3. The van der Waals surface area contributed by atoms with Crippen LogP contribution in [0.2, 0.25) is 0 Å². The number of amides is 3. The van der Waals surface area contributed by atoms with Crippen molar-refractivity contribution in [3.63, 3.8) is 0 Å². The third-order valence-electron chi connectivity index (χ3n) is 4.25. The van der Waals surface area contributed by atoms with Crippen LogP contribution in [0.3, 0.4) is 0 Å². The molecule has 4 N–H and O–H groups in total. The Morgan fingerprint density at radius 1 is 1.06 bits per heavy atom. The maximum Gasteiger partial charge on any atom is 0.311 e. The largest absolute Gasteiger partial charge is 0.490 e. The van der Waals surface area contributed by atoms with E-state index in [-0.39, 0.29) is 22.7 Å². The molecule has 12 nitrogen and oxygen atoms in total. The van der Waals surface area contributed by atoms with Gasteiger partial charge < -0.3 is 10.1 Å². The number of hydrogen-bond acceptors (Lipinski definition) is 7. The number of hydrazine groups is 1. The highest BCUT2D eigenvalue weighted by molar-refractivity contribution is 5.98. The Hall–Kier alpha value is -4.74. The van der Waals surface area contributed by atoms with Crippen LogP contribution >= 0.6 is 0 Å². The number of hydrogen-bond donors (Lipinski definition) is 4. The summed E-state index contributed by atoms with van der Waals surface area (Å²) in [6.07, 6.45) is 0. The third kappa shape index (κ3) is 5.24. The molecule has 0 aliphatic heterocycles. The van der Waals surface area contributed by atoms with Crippen molar-refractivity contribution in [2.24, 2.45) is 0 Å². The van der Waals surface area contributed by atoms with Gasteiger partial charge in [-0.2, -0.15) is 5.10 Å². The predicted molar refractivity (Wildman–Crippen MR) is 112 cm³/mol. The number of nitro groups is 1. The fourth-order valence-corrected chi connectivity index (χ4v) is 2.67. The van der Waals surface area contributed by atoms with Crippen molar-refractivity contribution in [2.45, 2.75) is 0 Å². The summed E-state index contributed by atoms with van der Waals surface area (Å²) in [5.41, 5.74) is 5.44. The zero-order valence-corrected chi connectivity index (χ0v) is 16.7. The summed E-state index contributed by atoms with van der Waals surface area (Å²) in [6.45, 7) is -0.475. The van der Waals surface area contributed by atoms with Crippen molar-refractivity contribution in [3.8, 4) is 17.0 Å². The van der Waals surface area contributed by atoms with Crippen molar-refractivity contribution in [3.05, 3.63) is 76.0 Å². The fraction of sp³-hybridized carbons (Fsp3) is 0.100. The second-order valence-corrected chi connectivity index (χ2v) is 6.36. The van der Waals surface area contributed by atoms with Crippen molar-refractivity contribution in [1.29, 1.82) is 0 Å². The molecule has 1 aromatic heterocycles. The number of rotatable bonds is 7. The molecule has 0 bridgehead atoms. The van der Waals surface area contributed by atoms with Gasteiger partial charge in [-0.15, -0.1) is 0 Å². The molecule has 0 aliphatic rings. The van der Waals surface area contributed by atoms with Crippen LogP contribution in [0.15, 0.2) is 54.6 Å². The van der Waals surface area contributed by atoms with Crippen molar-refractivity contribution in [2.75, 3.05) is 13.7 Å². The molecule has 3 aromatic rings. The minimum atomic E-state index is -0.711. The Balaban J connectivity index is 1.51. The van der Waals surface area contributed by atoms with Gasteiger partial charge in [-0.3, -0.25) is 40.4 Å². The first-order chi connectivity index (χ1) is 15.4. The Labute approximate surface area is 181 Å². The summed E-state index contributed by atoms with van der Waals surface area (Å²) in [5, 5.41) is 20.0. The zero-order valence-electron chi connectivity index (χ0n) is 16.7. The number of methoxy groups -OCH3 is 1. The van der Waals surface area contributed by atoms with E-state index in [1.54, 1.807) is 0 Å². The van der Waals surface area contributed by atoms with Crippen molar-refractivity contribution < 1.29 is 24.0 Å². The zero-order chi connectivity index (χ0) is 23.1. The van der Waals surface area contributed by atoms with Gasteiger partial charge in [0.25, 0.3) is 17.7 Å². The van der Waals surface area contributed by atoms with Crippen LogP contribution < -0.4 is 20.9 Å². The highest BCUT2D eigenvalue weighted by Gasteiger charge is 2.19. The lowest BCUT2D eigenvalue weighted by molar-refractivity contribution is -0.385. The number of H-pyrrole nitrogens is 1. The summed E-state index contributed by atoms with van der Waals surface area (Å²) >= 11 is 0. The molecular formula is C20H18N6O6. The van der Waals surface area contributed by atoms with E-state index in [9.17, 15) is 24.5 Å². The fourth-order valence-electron chi connectivity index (χ4n) is 2.67. The van der Waals surface area contributed by atoms with Gasteiger partial charge in [0.2, 0.25) is 0 Å². The SMILES string of the molecule is COc1ccc(C(=O)NCC(=O)NNC(=O)c2cc(-c3ccccc3)n[nH]2)cc1[N+](=O)[O-]. The van der Waals surface area contributed by atoms with Gasteiger partial charge in [-0.25, -0.2) is 0 Å². The van der Waals surface area contributed by atoms with Gasteiger partial charge >= 0.3 is 5.69 Å². The highest BCUT2D eigenvalue weighted by atomic mass is 16.6. The van der Waals surface area contributed by atoms with E-state index in [1.165, 1.54) is 25.3 Å². The minimum Gasteiger partial charge on any atom is -0.490 e. The molecule has 0 radical (unpaired) electrons. The molecule has 2 aromatic carbocycles. The van der Waals surface area contributed by atoms with E-state index in [0.29, 0.717) is 5.69 Å². The Bertz CT molecular complexity index is 1160. The van der Waals surface area contributed by atoms with Crippen LogP contribution in [-0.4, -0.2) is 46.5 Å². The monoisotopic (exact) mass is 438 g/mol. The molecule has 0 atom stereocenters. The second kappa shape index (κ2) is 9.84. The van der Waals surface area contributed by atoms with Crippen LogP contribution in [0, 0.1) is 10.1 Å². The number of aromatic amines is 1. The number of nitro benzene ring substituents is 1. The van der Waals surface area contributed by atoms with Crippen molar-refractivity contribution in [1.82, 2.24) is 26.4 Å². The van der Waals surface area contributed by atoms with Crippen LogP contribution in [0.4, 0.5) is 5.69 Å². The molecule has 0 saturated carbocycles. The second-order valence-electron chi connectivity index (χ2n) is 6.36. The molecule has 0 saturated heterocycles. The Morgan fingerprint density at radius 2 is 1.81 bits per heavy atom. The molecule has 1 heterocycles. The lowest BCUT2D eigenvalue weighted by Gasteiger charge is -2.08. The smallest absolute Gasteiger partial charge is 0.311 e. The number of nitrogens with one attached hydrogen (secondary N) is 4. The van der Waals surface area contributed by atoms with Gasteiger partial charge in [0.05, 0.1) is 24.3 Å². The standard InChI is InChI=1S/C20H18N6O6/c1-32-17-8-7-13(9-16(17)26(30)31)19(28)21-11-18(27)24-25-20(29)15-10-14(22-23-15)12-5-3-2-4-6-12/h2-10H,11H2,1H3,(H,21,28)(H,22,23)(H,24,27)(H,25,29). The minimum absolute atomic E-state index is 0.00114. The van der Waals surface area contributed by atoms with Gasteiger partial charge in [0.15, 0.2) is 5.75 Å². The molecule has 164 valence electrons. The highest BCUT2D eigenvalue weighted by Crippen LogP contribution is 2.27. The lowest BCUT2D eigenvalue weighted by Crippen LogP contribution is -2.46. The predicted octanol–water partition coefficient (Wildman–Crippen LogP) is 1.18. The molecule has 0 fully saturated rings. The first-order valence-electron chi connectivity index (χ1n) is 9.19. The molecule has 32 heavy (non-hydrogen) atoms. The summed E-state index contributed by atoms with van der Waals surface area (Å²) in [4.78, 5) is 46.6. The normalized spacial score (nSPS) is 10.2. The quantitative estimate of drug-likeness (QED) is 0.317. The van der Waals surface area contributed by atoms with E-state index < -0.39 is 29.2 Å². The Kier molecular flexibility index (Phi) is 6.75. The topological polar surface area (TPSA) is 168 Å². The number of ether oxygens (including phenoxy) is 1. The number of aromatic nitrogens is 2. The van der Waals surface area contributed by atoms with Crippen LogP contribution in [0.1, 0.15) is 20.8 Å². The third-order valence-corrected chi connectivity index (χ3v) is 4.25. The van der Waals surface area contributed by atoms with E-state index >= 15 is 0 Å². The van der Waals surface area contributed by atoms with E-state index in [2.05, 4.69) is 26.4 Å². The molecular weight excluding hydrogens is 420 g/mol. The molecule has 0 aliphatic carbocycles. The molecule has 0 unspecified atom stereocenters. The summed E-state index contributed by atoms with van der Waals surface area (Å²) in [6, 6.07) is 14.4. The van der Waals surface area contributed by atoms with Gasteiger partial charge in [0.1, 0.15) is 5.69 Å². The average Bonchev–Trinajstić information content (AvgIpc) is 3.31. The van der Waals surface area contributed by atoms with E-state index in [4.69, 9.17) is 4.74 Å². The summed E-state index contributed by atoms with van der Waals surface area (Å²) in [5.74, 6) is -2.05. The first-order valence-corrected chi connectivity index (χ1v) is 9.19. The average molecular weight is 438 g/mol. The van der Waals surface area contributed by atoms with Gasteiger partial charge in [-0.05, 0) is 18.2 Å². The Morgan fingerprint density at radius 3 is 2.50 bits per heavy atom. The molecule has 3 rings (SSSR count). The van der Waals surface area contributed by atoms with Gasteiger partial charge in [-0.1, -0.05) is 30.3 Å². The molecule has 12 heteroatoms. The van der Waals surface area contributed by atoms with E-state index in [0.717, 1.165) is 11.6 Å². The first kappa shape index (κ1) is 22.0. The maximum atomic E-state index is 12.2. The summed E-state index contributed by atoms with van der Waals surface area (Å²) < 4.78 is 4.87. The summed E-state index contributed by atoms with van der Waals surface area (Å²) in [7, 11) is 1.27. The molecule has 0 spiro atoms. The number of carbonyl (C=O) groups excluding carboxylic acids is 3. The van der Waals surface area contributed by atoms with E-state index in [1.807, 2.05) is 30.3 Å². The van der Waals surface area contributed by atoms with Gasteiger partial charge in [0, 0.05) is 17.2 Å². The molecule has 3 amide bonds. The van der Waals surface area contributed by atoms with Crippen molar-refractivity contribution >= 4 is 23.4 Å². The number of nitrogens with zero attached hydrogens (tertiary/aromatic N) is 2. The lowest BCUT2D eigenvalue weighted by atomic mass is 10.1. The maximum absolute atomic E-state index is 12.2. The van der Waals surface area contributed by atoms with Crippen LogP contribution in [0.5, 0.6) is 5.75 Å². The van der Waals surface area contributed by atoms with Crippen LogP contribution in [0.25, 0.3) is 11.3 Å².